The number of rotatable bonds is 5. The Morgan fingerprint density at radius 1 is 1.10 bits per heavy atom. The molecular formula is C23H25N3O2S. The second kappa shape index (κ2) is 8.02. The Morgan fingerprint density at radius 2 is 1.79 bits per heavy atom. The summed E-state index contributed by atoms with van der Waals surface area (Å²) in [5, 5.41) is 10.0. The van der Waals surface area contributed by atoms with E-state index in [1.807, 2.05) is 12.1 Å². The molecule has 0 amide bonds. The zero-order valence-corrected chi connectivity index (χ0v) is 17.4. The lowest BCUT2D eigenvalue weighted by atomic mass is 9.89. The molecule has 0 spiro atoms. The number of H-pyrrole nitrogens is 1. The second-order valence-electron chi connectivity index (χ2n) is 7.61. The summed E-state index contributed by atoms with van der Waals surface area (Å²) in [5.41, 5.74) is 5.68. The van der Waals surface area contributed by atoms with Gasteiger partial charge in [-0.2, -0.15) is 5.26 Å². The largest absolute Gasteiger partial charge is 0.361 e. The van der Waals surface area contributed by atoms with Crippen LogP contribution in [0.3, 0.4) is 0 Å². The van der Waals surface area contributed by atoms with Crippen molar-refractivity contribution in [3.8, 4) is 17.2 Å². The smallest absolute Gasteiger partial charge is 0.213 e. The van der Waals surface area contributed by atoms with E-state index < -0.39 is 10.0 Å². The van der Waals surface area contributed by atoms with Gasteiger partial charge in [0.15, 0.2) is 0 Å². The number of aromatic nitrogens is 1. The summed E-state index contributed by atoms with van der Waals surface area (Å²) in [7, 11) is -3.10. The maximum absolute atomic E-state index is 12.1. The SMILES string of the molecule is CCS(=O)(=O)N1CCC(c2c[nH]c3ccc(-c4ccc(CC#N)cc4)cc23)CC1. The minimum absolute atomic E-state index is 0.168. The summed E-state index contributed by atoms with van der Waals surface area (Å²) in [6, 6.07) is 16.7. The number of sulfonamides is 1. The number of nitrogens with one attached hydrogen (secondary N) is 1. The van der Waals surface area contributed by atoms with Crippen LogP contribution in [0.25, 0.3) is 22.0 Å². The number of benzene rings is 2. The Hall–Kier alpha value is -2.62. The molecule has 3 aromatic rings. The zero-order chi connectivity index (χ0) is 20.4. The molecule has 0 radical (unpaired) electrons. The average molecular weight is 408 g/mol. The van der Waals surface area contributed by atoms with Crippen molar-refractivity contribution in [2.45, 2.75) is 32.1 Å². The van der Waals surface area contributed by atoms with Gasteiger partial charge in [0.25, 0.3) is 0 Å². The predicted molar refractivity (Wildman–Crippen MR) is 116 cm³/mol. The Morgan fingerprint density at radius 3 is 2.45 bits per heavy atom. The van der Waals surface area contributed by atoms with E-state index in [2.05, 4.69) is 47.6 Å². The molecular weight excluding hydrogens is 382 g/mol. The fourth-order valence-corrected chi connectivity index (χ4v) is 5.33. The maximum Gasteiger partial charge on any atom is 0.213 e. The summed E-state index contributed by atoms with van der Waals surface area (Å²) in [4.78, 5) is 3.37. The van der Waals surface area contributed by atoms with Crippen LogP contribution in [0.4, 0.5) is 0 Å². The summed E-state index contributed by atoms with van der Waals surface area (Å²) < 4.78 is 25.9. The number of piperidine rings is 1. The van der Waals surface area contributed by atoms with E-state index >= 15 is 0 Å². The van der Waals surface area contributed by atoms with Gasteiger partial charge in [0.1, 0.15) is 0 Å². The van der Waals surface area contributed by atoms with Crippen molar-refractivity contribution in [3.05, 3.63) is 59.8 Å². The van der Waals surface area contributed by atoms with Crippen LogP contribution < -0.4 is 0 Å². The van der Waals surface area contributed by atoms with Gasteiger partial charge < -0.3 is 4.98 Å². The number of nitrogens with zero attached hydrogens (tertiary/aromatic N) is 2. The van der Waals surface area contributed by atoms with E-state index in [-0.39, 0.29) is 5.75 Å². The third kappa shape index (κ3) is 3.93. The van der Waals surface area contributed by atoms with Gasteiger partial charge in [-0.15, -0.1) is 0 Å². The first-order valence-corrected chi connectivity index (χ1v) is 11.7. The molecule has 4 rings (SSSR count). The molecule has 150 valence electrons. The molecule has 0 unspecified atom stereocenters. The highest BCUT2D eigenvalue weighted by atomic mass is 32.2. The van der Waals surface area contributed by atoms with Crippen molar-refractivity contribution in [1.29, 1.82) is 5.26 Å². The van der Waals surface area contributed by atoms with E-state index in [0.717, 1.165) is 35.0 Å². The fraction of sp³-hybridized carbons (Fsp3) is 0.348. The quantitative estimate of drug-likeness (QED) is 0.680. The first-order valence-electron chi connectivity index (χ1n) is 10.1. The molecule has 0 aliphatic carbocycles. The molecule has 0 saturated carbocycles. The standard InChI is InChI=1S/C23H25N3O2S/c1-2-29(27,28)26-13-10-19(11-14-26)22-16-25-23-8-7-20(15-21(22)23)18-5-3-17(4-6-18)9-12-24/h3-8,15-16,19,25H,2,9-11,13-14H2,1H3. The first-order chi connectivity index (χ1) is 14.0. The summed E-state index contributed by atoms with van der Waals surface area (Å²) in [6.07, 6.45) is 4.20. The number of aromatic amines is 1. The number of hydrogen-bond donors (Lipinski definition) is 1. The van der Waals surface area contributed by atoms with Gasteiger partial charge in [-0.25, -0.2) is 12.7 Å². The Labute approximate surface area is 172 Å². The van der Waals surface area contributed by atoms with E-state index in [1.54, 1.807) is 11.2 Å². The van der Waals surface area contributed by atoms with Gasteiger partial charge in [0.05, 0.1) is 18.2 Å². The van der Waals surface area contributed by atoms with Gasteiger partial charge in [-0.1, -0.05) is 30.3 Å². The lowest BCUT2D eigenvalue weighted by molar-refractivity contribution is 0.321. The number of hydrogen-bond acceptors (Lipinski definition) is 3. The summed E-state index contributed by atoms with van der Waals surface area (Å²) in [5.74, 6) is 0.529. The molecule has 1 fully saturated rings. The fourth-order valence-electron chi connectivity index (χ4n) is 4.19. The topological polar surface area (TPSA) is 77.0 Å². The van der Waals surface area contributed by atoms with Crippen molar-refractivity contribution in [1.82, 2.24) is 9.29 Å². The minimum atomic E-state index is -3.10. The predicted octanol–water partition coefficient (Wildman–Crippen LogP) is 4.43. The van der Waals surface area contributed by atoms with Crippen molar-refractivity contribution in [3.63, 3.8) is 0 Å². The summed E-state index contributed by atoms with van der Waals surface area (Å²) in [6.45, 7) is 2.89. The summed E-state index contributed by atoms with van der Waals surface area (Å²) >= 11 is 0. The molecule has 6 heteroatoms. The number of fused-ring (bicyclic) bond motifs is 1. The van der Waals surface area contributed by atoms with E-state index in [1.165, 1.54) is 10.9 Å². The molecule has 2 heterocycles. The highest BCUT2D eigenvalue weighted by Gasteiger charge is 2.28. The third-order valence-corrected chi connectivity index (χ3v) is 7.82. The molecule has 29 heavy (non-hydrogen) atoms. The Balaban J connectivity index is 1.59. The molecule has 1 aliphatic rings. The molecule has 1 aliphatic heterocycles. The molecule has 0 bridgehead atoms. The van der Waals surface area contributed by atoms with Gasteiger partial charge >= 0.3 is 0 Å². The van der Waals surface area contributed by atoms with E-state index in [0.29, 0.717) is 25.4 Å². The van der Waals surface area contributed by atoms with Crippen LogP contribution in [0.15, 0.2) is 48.7 Å². The van der Waals surface area contributed by atoms with Crippen LogP contribution in [0, 0.1) is 11.3 Å². The van der Waals surface area contributed by atoms with Crippen LogP contribution in [-0.4, -0.2) is 36.5 Å². The van der Waals surface area contributed by atoms with Crippen LogP contribution in [0.5, 0.6) is 0 Å². The Kier molecular flexibility index (Phi) is 5.44. The van der Waals surface area contributed by atoms with Crippen molar-refractivity contribution in [2.24, 2.45) is 0 Å². The first kappa shape index (κ1) is 19.7. The Bertz CT molecular complexity index is 1150. The molecule has 1 aromatic heterocycles. The van der Waals surface area contributed by atoms with Crippen LogP contribution in [0.2, 0.25) is 0 Å². The van der Waals surface area contributed by atoms with Crippen molar-refractivity contribution < 1.29 is 8.42 Å². The molecule has 1 N–H and O–H groups in total. The van der Waals surface area contributed by atoms with E-state index in [9.17, 15) is 8.42 Å². The van der Waals surface area contributed by atoms with E-state index in [4.69, 9.17) is 5.26 Å². The van der Waals surface area contributed by atoms with Crippen molar-refractivity contribution in [2.75, 3.05) is 18.8 Å². The molecule has 1 saturated heterocycles. The molecule has 5 nitrogen and oxygen atoms in total. The van der Waals surface area contributed by atoms with Crippen LogP contribution in [0.1, 0.15) is 36.8 Å². The lowest BCUT2D eigenvalue weighted by Gasteiger charge is -2.30. The average Bonchev–Trinajstić information content (AvgIpc) is 3.18. The third-order valence-electron chi connectivity index (χ3n) is 5.94. The van der Waals surface area contributed by atoms with Gasteiger partial charge in [0, 0.05) is 30.2 Å². The maximum atomic E-state index is 12.1. The van der Waals surface area contributed by atoms with Crippen LogP contribution in [-0.2, 0) is 16.4 Å². The molecule has 2 aromatic carbocycles. The highest BCUT2D eigenvalue weighted by Crippen LogP contribution is 2.35. The number of nitriles is 1. The monoisotopic (exact) mass is 407 g/mol. The highest BCUT2D eigenvalue weighted by molar-refractivity contribution is 7.89. The van der Waals surface area contributed by atoms with Crippen molar-refractivity contribution >= 4 is 20.9 Å². The second-order valence-corrected chi connectivity index (χ2v) is 9.87. The zero-order valence-electron chi connectivity index (χ0n) is 16.6. The lowest BCUT2D eigenvalue weighted by Crippen LogP contribution is -2.38. The van der Waals surface area contributed by atoms with Gasteiger partial charge in [-0.05, 0) is 60.1 Å². The van der Waals surface area contributed by atoms with Gasteiger partial charge in [0.2, 0.25) is 10.0 Å². The minimum Gasteiger partial charge on any atom is -0.361 e. The van der Waals surface area contributed by atoms with Gasteiger partial charge in [-0.3, -0.25) is 0 Å². The van der Waals surface area contributed by atoms with Crippen LogP contribution >= 0.6 is 0 Å². The molecule has 0 atom stereocenters. The normalized spacial score (nSPS) is 16.1.